The Labute approximate surface area is 233 Å². The van der Waals surface area contributed by atoms with E-state index in [0.29, 0.717) is 38.5 Å². The van der Waals surface area contributed by atoms with Crippen molar-refractivity contribution in [3.05, 3.63) is 93.8 Å². The number of benzene rings is 3. The van der Waals surface area contributed by atoms with Crippen molar-refractivity contribution in [2.75, 3.05) is 17.3 Å². The number of halogens is 2. The summed E-state index contributed by atoms with van der Waals surface area (Å²) < 4.78 is 42.4. The Morgan fingerprint density at radius 2 is 1.97 bits per heavy atom. The molecule has 200 valence electrons. The molecule has 8 nitrogen and oxygen atoms in total. The molecule has 12 heteroatoms. The van der Waals surface area contributed by atoms with E-state index in [2.05, 4.69) is 20.3 Å². The zero-order chi connectivity index (χ0) is 27.6. The third-order valence-electron chi connectivity index (χ3n) is 5.73. The predicted octanol–water partition coefficient (Wildman–Crippen LogP) is 5.91. The van der Waals surface area contributed by atoms with Crippen LogP contribution in [0.2, 0.25) is 5.02 Å². The number of ether oxygens (including phenoxy) is 1. The quantitative estimate of drug-likeness (QED) is 0.220. The van der Waals surface area contributed by atoms with E-state index in [-0.39, 0.29) is 18.2 Å². The topological polar surface area (TPSA) is 120 Å². The van der Waals surface area contributed by atoms with Crippen molar-refractivity contribution < 1.29 is 17.5 Å². The highest BCUT2D eigenvalue weighted by Crippen LogP contribution is 2.33. The molecule has 0 fully saturated rings. The highest BCUT2D eigenvalue weighted by atomic mass is 35.5. The van der Waals surface area contributed by atoms with Crippen LogP contribution in [0.5, 0.6) is 5.75 Å². The van der Waals surface area contributed by atoms with Crippen LogP contribution < -0.4 is 15.8 Å². The summed E-state index contributed by atoms with van der Waals surface area (Å²) in [5.41, 5.74) is 9.65. The Morgan fingerprint density at radius 3 is 2.74 bits per heavy atom. The normalized spacial score (nSPS) is 12.4. The number of fused-ring (bicyclic) bond motifs is 1. The summed E-state index contributed by atoms with van der Waals surface area (Å²) >= 11 is 7.78. The lowest BCUT2D eigenvalue weighted by Gasteiger charge is -2.12. The van der Waals surface area contributed by atoms with Crippen molar-refractivity contribution in [3.8, 4) is 17.0 Å². The van der Waals surface area contributed by atoms with Crippen LogP contribution in [0.4, 0.5) is 15.9 Å². The maximum atomic E-state index is 13.4. The van der Waals surface area contributed by atoms with Gasteiger partial charge in [0.15, 0.2) is 0 Å². The highest BCUT2D eigenvalue weighted by Gasteiger charge is 2.18. The molecule has 39 heavy (non-hydrogen) atoms. The van der Waals surface area contributed by atoms with Crippen molar-refractivity contribution in [1.82, 2.24) is 15.0 Å². The first-order valence-electron chi connectivity index (χ1n) is 11.7. The van der Waals surface area contributed by atoms with Gasteiger partial charge in [-0.1, -0.05) is 29.8 Å². The number of nitrogens with zero attached hydrogens (tertiary/aromatic N) is 3. The second kappa shape index (κ2) is 11.2. The van der Waals surface area contributed by atoms with Crippen LogP contribution in [0.3, 0.4) is 0 Å². The lowest BCUT2D eigenvalue weighted by atomic mass is 10.1. The molecule has 0 aliphatic rings. The molecule has 0 amide bonds. The minimum Gasteiger partial charge on any atom is -0.487 e. The van der Waals surface area contributed by atoms with Gasteiger partial charge in [0.05, 0.1) is 28.0 Å². The number of nitrogens with one attached hydrogen (secondary N) is 1. The molecular weight excluding hydrogens is 561 g/mol. The zero-order valence-corrected chi connectivity index (χ0v) is 23.0. The van der Waals surface area contributed by atoms with Gasteiger partial charge in [0, 0.05) is 28.3 Å². The number of thiazole rings is 1. The van der Waals surface area contributed by atoms with Crippen LogP contribution in [-0.2, 0) is 16.4 Å². The van der Waals surface area contributed by atoms with E-state index in [1.54, 1.807) is 30.3 Å². The summed E-state index contributed by atoms with van der Waals surface area (Å²) in [6.07, 6.45) is 2.62. The summed E-state index contributed by atoms with van der Waals surface area (Å²) in [6.45, 7) is 0.182. The molecule has 0 aliphatic heterocycles. The monoisotopic (exact) mass is 583 g/mol. The third-order valence-corrected chi connectivity index (χ3v) is 7.97. The van der Waals surface area contributed by atoms with Crippen molar-refractivity contribution in [2.24, 2.45) is 5.73 Å². The maximum absolute atomic E-state index is 13.4. The predicted molar refractivity (Wildman–Crippen MR) is 153 cm³/mol. The van der Waals surface area contributed by atoms with Crippen LogP contribution in [0.15, 0.2) is 72.4 Å². The van der Waals surface area contributed by atoms with Gasteiger partial charge >= 0.3 is 0 Å². The van der Waals surface area contributed by atoms with E-state index in [0.717, 1.165) is 22.7 Å². The highest BCUT2D eigenvalue weighted by molar-refractivity contribution is 7.90. The van der Waals surface area contributed by atoms with Crippen LogP contribution in [0.1, 0.15) is 16.6 Å². The van der Waals surface area contributed by atoms with Gasteiger partial charge < -0.3 is 15.8 Å². The van der Waals surface area contributed by atoms with Crippen molar-refractivity contribution in [3.63, 3.8) is 0 Å². The minimum atomic E-state index is -3.23. The largest absolute Gasteiger partial charge is 0.487 e. The number of sulfone groups is 1. The van der Waals surface area contributed by atoms with Gasteiger partial charge in [-0.05, 0) is 48.0 Å². The van der Waals surface area contributed by atoms with E-state index < -0.39 is 15.9 Å². The summed E-state index contributed by atoms with van der Waals surface area (Å²) in [6, 6.07) is 16.4. The first-order chi connectivity index (χ1) is 18.6. The number of aromatic nitrogens is 3. The Morgan fingerprint density at radius 1 is 1.13 bits per heavy atom. The Bertz CT molecular complexity index is 1760. The maximum Gasteiger partial charge on any atom is 0.149 e. The molecule has 5 aromatic rings. The van der Waals surface area contributed by atoms with E-state index in [4.69, 9.17) is 22.1 Å². The van der Waals surface area contributed by atoms with Crippen LogP contribution in [0, 0.1) is 5.82 Å². The second-order valence-electron chi connectivity index (χ2n) is 8.91. The first kappa shape index (κ1) is 26.9. The molecule has 0 saturated heterocycles. The lowest BCUT2D eigenvalue weighted by Crippen LogP contribution is -2.20. The Kier molecular flexibility index (Phi) is 7.76. The number of nitrogens with two attached hydrogens (primary N) is 1. The molecule has 0 saturated carbocycles. The fourth-order valence-corrected chi connectivity index (χ4v) is 5.90. The molecule has 1 atom stereocenters. The second-order valence-corrected chi connectivity index (χ2v) is 12.4. The third kappa shape index (κ3) is 6.69. The fraction of sp³-hybridized carbons (Fsp3) is 0.148. The van der Waals surface area contributed by atoms with Gasteiger partial charge in [-0.25, -0.2) is 27.8 Å². The van der Waals surface area contributed by atoms with Crippen LogP contribution in [0.25, 0.3) is 22.2 Å². The van der Waals surface area contributed by atoms with Gasteiger partial charge in [-0.2, -0.15) is 0 Å². The minimum absolute atomic E-state index is 0.170. The number of anilines is 2. The summed E-state index contributed by atoms with van der Waals surface area (Å²) in [4.78, 5) is 13.3. The van der Waals surface area contributed by atoms with Gasteiger partial charge in [0.2, 0.25) is 0 Å². The van der Waals surface area contributed by atoms with Gasteiger partial charge in [-0.3, -0.25) is 0 Å². The molecule has 2 aromatic heterocycles. The summed E-state index contributed by atoms with van der Waals surface area (Å²) in [5, 5.41) is 6.81. The van der Waals surface area contributed by atoms with Crippen LogP contribution in [-0.4, -0.2) is 35.4 Å². The molecule has 0 aliphatic carbocycles. The van der Waals surface area contributed by atoms with Crippen molar-refractivity contribution in [1.29, 1.82) is 0 Å². The Hall–Kier alpha value is -3.64. The number of hydrogen-bond acceptors (Lipinski definition) is 9. The van der Waals surface area contributed by atoms with Crippen molar-refractivity contribution in [2.45, 2.75) is 12.6 Å². The fourth-order valence-electron chi connectivity index (χ4n) is 3.92. The van der Waals surface area contributed by atoms with Gasteiger partial charge in [-0.15, -0.1) is 11.3 Å². The lowest BCUT2D eigenvalue weighted by molar-refractivity contribution is 0.306. The van der Waals surface area contributed by atoms with E-state index >= 15 is 0 Å². The molecule has 2 heterocycles. The van der Waals surface area contributed by atoms with E-state index in [9.17, 15) is 12.8 Å². The average molecular weight is 584 g/mol. The van der Waals surface area contributed by atoms with E-state index in [1.165, 1.54) is 29.8 Å². The average Bonchev–Trinajstić information content (AvgIpc) is 3.38. The summed E-state index contributed by atoms with van der Waals surface area (Å²) in [7, 11) is -3.23. The first-order valence-corrected chi connectivity index (χ1v) is 15.0. The molecule has 3 aromatic carbocycles. The molecular formula is C27H23ClFN5O3S2. The SMILES string of the molecule is CS(=O)(=O)CC(N)c1nc(-c2ccc3ncnc(Nc4ccc(OCc5cccc(F)c5)c(Cl)c4)c3c2)cs1. The molecule has 3 N–H and O–H groups in total. The van der Waals surface area contributed by atoms with Gasteiger partial charge in [0.25, 0.3) is 0 Å². The number of hydrogen-bond donors (Lipinski definition) is 2. The molecule has 0 radical (unpaired) electrons. The Balaban J connectivity index is 1.36. The van der Waals surface area contributed by atoms with E-state index in [1.807, 2.05) is 23.6 Å². The smallest absolute Gasteiger partial charge is 0.149 e. The molecule has 0 bridgehead atoms. The molecule has 5 rings (SSSR count). The van der Waals surface area contributed by atoms with Gasteiger partial charge in [0.1, 0.15) is 45.2 Å². The molecule has 1 unspecified atom stereocenters. The summed E-state index contributed by atoms with van der Waals surface area (Å²) in [5.74, 6) is 0.537. The van der Waals surface area contributed by atoms with Crippen molar-refractivity contribution >= 4 is 55.2 Å². The number of rotatable bonds is 9. The standard InChI is InChI=1S/C27H23ClFN5O3S2/c1-39(35,36)14-22(30)27-34-24(13-38-27)17-5-7-23-20(10-17)26(32-15-31-23)33-19-6-8-25(21(28)11-19)37-12-16-3-2-4-18(29)9-16/h2-11,13,15,22H,12,14,30H2,1H3,(H,31,32,33). The zero-order valence-electron chi connectivity index (χ0n) is 20.6. The van der Waals surface area contributed by atoms with Crippen LogP contribution >= 0.6 is 22.9 Å². The molecule has 0 spiro atoms.